The zero-order valence-corrected chi connectivity index (χ0v) is 43.5. The highest BCUT2D eigenvalue weighted by atomic mass is 16.6. The molecule has 1 atom stereocenters. The van der Waals surface area contributed by atoms with Crippen molar-refractivity contribution in [1.29, 1.82) is 0 Å². The van der Waals surface area contributed by atoms with Crippen LogP contribution in [0.15, 0.2) is 0 Å². The molecule has 0 unspecified atom stereocenters. The molecule has 0 rings (SSSR count). The number of esters is 4. The molecule has 0 fully saturated rings. The van der Waals surface area contributed by atoms with Crippen molar-refractivity contribution in [1.82, 2.24) is 0 Å². The first-order valence-corrected chi connectivity index (χ1v) is 28.6. The highest BCUT2D eigenvalue weighted by Gasteiger charge is 2.19. The van der Waals surface area contributed by atoms with Gasteiger partial charge in [-0.2, -0.15) is 0 Å². The first kappa shape index (κ1) is 62.9. The fourth-order valence-corrected chi connectivity index (χ4v) is 8.54. The Labute approximate surface area is 402 Å². The molecule has 0 aliphatic carbocycles. The fourth-order valence-electron chi connectivity index (χ4n) is 8.54. The summed E-state index contributed by atoms with van der Waals surface area (Å²) in [6.07, 6.45) is 51.3. The van der Waals surface area contributed by atoms with Crippen LogP contribution in [-0.2, 0) is 38.1 Å². The fraction of sp³-hybridized carbons (Fsp3) is 0.930. The Kier molecular flexibility index (Phi) is 51.1. The van der Waals surface area contributed by atoms with Crippen LogP contribution < -0.4 is 0 Å². The predicted octanol–water partition coefficient (Wildman–Crippen LogP) is 17.5. The lowest BCUT2D eigenvalue weighted by Gasteiger charge is -2.18. The van der Waals surface area contributed by atoms with Gasteiger partial charge in [0.25, 0.3) is 0 Å². The standard InChI is InChI=1S/C57H108O8/c1-4-7-10-13-16-18-20-22-24-26-28-30-33-37-42-47-55(59)63-51-53(65-57(61)49-44-38-34-31-29-27-25-23-21-19-17-14-11-8-5-2)52-64-56(60)48-43-39-35-40-45-50-62-54(58)46-41-36-32-15-12-9-6-3/h53H,4-52H2,1-3H3/t53-/m1/s1. The van der Waals surface area contributed by atoms with Gasteiger partial charge in [-0.15, -0.1) is 0 Å². The molecule has 0 aliphatic heterocycles. The second-order valence-electron chi connectivity index (χ2n) is 19.5. The van der Waals surface area contributed by atoms with Gasteiger partial charge in [0, 0.05) is 25.7 Å². The molecule has 65 heavy (non-hydrogen) atoms. The van der Waals surface area contributed by atoms with Crippen molar-refractivity contribution < 1.29 is 38.1 Å². The van der Waals surface area contributed by atoms with E-state index in [1.54, 1.807) is 0 Å². The van der Waals surface area contributed by atoms with Gasteiger partial charge in [0.2, 0.25) is 0 Å². The van der Waals surface area contributed by atoms with Crippen LogP contribution in [0.2, 0.25) is 0 Å². The summed E-state index contributed by atoms with van der Waals surface area (Å²) < 4.78 is 22.2. The summed E-state index contributed by atoms with van der Waals surface area (Å²) in [5, 5.41) is 0. The van der Waals surface area contributed by atoms with Gasteiger partial charge in [0.1, 0.15) is 13.2 Å². The molecule has 8 nitrogen and oxygen atoms in total. The third kappa shape index (κ3) is 51.1. The number of rotatable bonds is 53. The monoisotopic (exact) mass is 921 g/mol. The molecule has 0 amide bonds. The van der Waals surface area contributed by atoms with Crippen LogP contribution in [0.25, 0.3) is 0 Å². The highest BCUT2D eigenvalue weighted by Crippen LogP contribution is 2.17. The van der Waals surface area contributed by atoms with E-state index in [2.05, 4.69) is 20.8 Å². The van der Waals surface area contributed by atoms with Crippen molar-refractivity contribution in [2.75, 3.05) is 19.8 Å². The highest BCUT2D eigenvalue weighted by molar-refractivity contribution is 5.71. The third-order valence-corrected chi connectivity index (χ3v) is 12.9. The van der Waals surface area contributed by atoms with Gasteiger partial charge < -0.3 is 18.9 Å². The third-order valence-electron chi connectivity index (χ3n) is 12.9. The zero-order valence-electron chi connectivity index (χ0n) is 43.5. The number of carbonyl (C=O) groups is 4. The quantitative estimate of drug-likeness (QED) is 0.0337. The smallest absolute Gasteiger partial charge is 0.306 e. The lowest BCUT2D eigenvalue weighted by molar-refractivity contribution is -0.167. The van der Waals surface area contributed by atoms with Crippen molar-refractivity contribution in [3.05, 3.63) is 0 Å². The van der Waals surface area contributed by atoms with E-state index in [0.29, 0.717) is 32.3 Å². The van der Waals surface area contributed by atoms with E-state index in [1.165, 1.54) is 186 Å². The minimum atomic E-state index is -0.804. The summed E-state index contributed by atoms with van der Waals surface area (Å²) in [6.45, 7) is 7.01. The van der Waals surface area contributed by atoms with Crippen LogP contribution in [0.4, 0.5) is 0 Å². The molecule has 0 saturated heterocycles. The van der Waals surface area contributed by atoms with E-state index < -0.39 is 6.10 Å². The van der Waals surface area contributed by atoms with Crippen LogP contribution in [-0.4, -0.2) is 49.8 Å². The molecule has 0 bridgehead atoms. The van der Waals surface area contributed by atoms with Gasteiger partial charge >= 0.3 is 23.9 Å². The molecule has 0 spiro atoms. The summed E-state index contributed by atoms with van der Waals surface area (Å²) in [4.78, 5) is 50.1. The molecule has 0 radical (unpaired) electrons. The van der Waals surface area contributed by atoms with E-state index in [1.807, 2.05) is 0 Å². The SMILES string of the molecule is CCCCCCCCCCCCCCCCCC(=O)OC[C@H](COC(=O)CCCCCCCOC(=O)CCCCCCCCC)OC(=O)CCCCCCCCCCCCCCCCC. The Balaban J connectivity index is 4.35. The van der Waals surface area contributed by atoms with E-state index in [9.17, 15) is 19.2 Å². The minimum absolute atomic E-state index is 0.0923. The number of hydrogen-bond donors (Lipinski definition) is 0. The molecule has 0 aromatic heterocycles. The largest absolute Gasteiger partial charge is 0.466 e. The second kappa shape index (κ2) is 52.8. The van der Waals surface area contributed by atoms with Crippen LogP contribution in [0.1, 0.15) is 316 Å². The van der Waals surface area contributed by atoms with E-state index >= 15 is 0 Å². The zero-order chi connectivity index (χ0) is 47.4. The van der Waals surface area contributed by atoms with Gasteiger partial charge in [0.05, 0.1) is 6.61 Å². The molecule has 0 aromatic carbocycles. The maximum absolute atomic E-state index is 12.8. The Morgan fingerprint density at radius 2 is 0.477 bits per heavy atom. The number of hydrogen-bond acceptors (Lipinski definition) is 8. The topological polar surface area (TPSA) is 105 Å². The molecule has 0 aromatic rings. The summed E-state index contributed by atoms with van der Waals surface area (Å²) in [5.41, 5.74) is 0. The van der Waals surface area contributed by atoms with Crippen molar-refractivity contribution in [2.45, 2.75) is 322 Å². The Morgan fingerprint density at radius 1 is 0.262 bits per heavy atom. The molecule has 0 aliphatic rings. The van der Waals surface area contributed by atoms with E-state index in [4.69, 9.17) is 18.9 Å². The normalized spacial score (nSPS) is 11.7. The lowest BCUT2D eigenvalue weighted by atomic mass is 10.0. The molecular formula is C57H108O8. The van der Waals surface area contributed by atoms with Gasteiger partial charge in [-0.1, -0.05) is 258 Å². The van der Waals surface area contributed by atoms with Crippen molar-refractivity contribution in [3.8, 4) is 0 Å². The minimum Gasteiger partial charge on any atom is -0.466 e. The van der Waals surface area contributed by atoms with Crippen molar-refractivity contribution >= 4 is 23.9 Å². The summed E-state index contributed by atoms with van der Waals surface area (Å²) in [5.74, 6) is -1.05. The van der Waals surface area contributed by atoms with Crippen LogP contribution in [0, 0.1) is 0 Å². The lowest BCUT2D eigenvalue weighted by Crippen LogP contribution is -2.30. The number of unbranched alkanes of at least 4 members (excludes halogenated alkanes) is 38. The first-order valence-electron chi connectivity index (χ1n) is 28.6. The Bertz CT molecular complexity index is 1030. The van der Waals surface area contributed by atoms with Gasteiger partial charge in [-0.05, 0) is 32.1 Å². The van der Waals surface area contributed by atoms with Crippen molar-refractivity contribution in [2.24, 2.45) is 0 Å². The number of carbonyl (C=O) groups excluding carboxylic acids is 4. The molecular weight excluding hydrogens is 813 g/mol. The van der Waals surface area contributed by atoms with Gasteiger partial charge in [0.15, 0.2) is 6.10 Å². The molecule has 0 saturated carbocycles. The number of ether oxygens (including phenoxy) is 4. The summed E-state index contributed by atoms with van der Waals surface area (Å²) in [6, 6.07) is 0. The first-order chi connectivity index (χ1) is 31.9. The Hall–Kier alpha value is -2.12. The molecule has 8 heteroatoms. The molecule has 384 valence electrons. The van der Waals surface area contributed by atoms with Crippen molar-refractivity contribution in [3.63, 3.8) is 0 Å². The van der Waals surface area contributed by atoms with Crippen LogP contribution in [0.5, 0.6) is 0 Å². The van der Waals surface area contributed by atoms with Crippen LogP contribution in [0.3, 0.4) is 0 Å². The Morgan fingerprint density at radius 3 is 0.754 bits per heavy atom. The van der Waals surface area contributed by atoms with Gasteiger partial charge in [-0.3, -0.25) is 19.2 Å². The van der Waals surface area contributed by atoms with Crippen LogP contribution >= 0.6 is 0 Å². The maximum Gasteiger partial charge on any atom is 0.306 e. The summed E-state index contributed by atoms with van der Waals surface area (Å²) >= 11 is 0. The average Bonchev–Trinajstić information content (AvgIpc) is 3.30. The molecule has 0 N–H and O–H groups in total. The molecule has 0 heterocycles. The summed E-state index contributed by atoms with van der Waals surface area (Å²) in [7, 11) is 0. The van der Waals surface area contributed by atoms with E-state index in [0.717, 1.165) is 77.0 Å². The average molecular weight is 921 g/mol. The maximum atomic E-state index is 12.8. The van der Waals surface area contributed by atoms with Gasteiger partial charge in [-0.25, -0.2) is 0 Å². The second-order valence-corrected chi connectivity index (χ2v) is 19.5. The van der Waals surface area contributed by atoms with E-state index in [-0.39, 0.29) is 43.5 Å². The predicted molar refractivity (Wildman–Crippen MR) is 272 cm³/mol.